The van der Waals surface area contributed by atoms with Crippen molar-refractivity contribution in [1.29, 1.82) is 0 Å². The van der Waals surface area contributed by atoms with Gasteiger partial charge in [0.25, 0.3) is 0 Å². The van der Waals surface area contributed by atoms with Crippen LogP contribution in [-0.4, -0.2) is 23.1 Å². The average Bonchev–Trinajstić information content (AvgIpc) is 3.08. The topological polar surface area (TPSA) is 40.7 Å². The molecule has 1 saturated heterocycles. The fraction of sp³-hybridized carbons (Fsp3) is 0.438. The van der Waals surface area contributed by atoms with Gasteiger partial charge in [-0.2, -0.15) is 0 Å². The summed E-state index contributed by atoms with van der Waals surface area (Å²) in [6.07, 6.45) is 1.18. The van der Waals surface area contributed by atoms with E-state index in [-0.39, 0.29) is 0 Å². The zero-order valence-corrected chi connectivity index (χ0v) is 11.6. The minimum absolute atomic E-state index is 0.464. The second-order valence-corrected chi connectivity index (χ2v) is 5.59. The van der Waals surface area contributed by atoms with Gasteiger partial charge in [0.2, 0.25) is 0 Å². The summed E-state index contributed by atoms with van der Waals surface area (Å²) in [5, 5.41) is 3.41. The van der Waals surface area contributed by atoms with Crippen molar-refractivity contribution in [2.45, 2.75) is 32.1 Å². The first-order valence-electron chi connectivity index (χ1n) is 7.11. The molecule has 0 saturated carbocycles. The number of hydrogen-bond acceptors (Lipinski definition) is 2. The monoisotopic (exact) mass is 255 g/mol. The van der Waals surface area contributed by atoms with Crippen LogP contribution >= 0.6 is 0 Å². The summed E-state index contributed by atoms with van der Waals surface area (Å²) >= 11 is 0. The Balaban J connectivity index is 2.02. The highest BCUT2D eigenvalue weighted by Gasteiger charge is 2.23. The summed E-state index contributed by atoms with van der Waals surface area (Å²) in [7, 11) is 0. The number of hydrogen-bond donors (Lipinski definition) is 2. The number of imidazole rings is 1. The first-order chi connectivity index (χ1) is 9.25. The van der Waals surface area contributed by atoms with Crippen LogP contribution in [0, 0.1) is 0 Å². The van der Waals surface area contributed by atoms with Gasteiger partial charge in [0.1, 0.15) is 5.82 Å². The van der Waals surface area contributed by atoms with Crippen LogP contribution in [0.2, 0.25) is 0 Å². The molecule has 0 bridgehead atoms. The number of aromatic amines is 1. The highest BCUT2D eigenvalue weighted by atomic mass is 15.0. The number of H-pyrrole nitrogens is 1. The summed E-state index contributed by atoms with van der Waals surface area (Å²) in [5.41, 5.74) is 3.59. The number of benzene rings is 1. The standard InChI is InChI=1S/C16H21N3/c1-11(2)14-15(12-6-4-3-5-7-12)19-16(18-14)13-8-9-17-10-13/h3-7,11,13,17H,8-10H2,1-2H3,(H,18,19). The Morgan fingerprint density at radius 2 is 2.00 bits per heavy atom. The van der Waals surface area contributed by atoms with E-state index in [1.54, 1.807) is 0 Å². The van der Waals surface area contributed by atoms with Crippen LogP contribution in [0.25, 0.3) is 11.3 Å². The molecule has 3 heteroatoms. The lowest BCUT2D eigenvalue weighted by molar-refractivity contribution is 0.706. The number of aromatic nitrogens is 2. The zero-order chi connectivity index (χ0) is 13.2. The Hall–Kier alpha value is -1.61. The molecule has 1 aliphatic heterocycles. The molecule has 3 nitrogen and oxygen atoms in total. The minimum atomic E-state index is 0.464. The predicted octanol–water partition coefficient (Wildman–Crippen LogP) is 3.28. The van der Waals surface area contributed by atoms with E-state index in [2.05, 4.69) is 48.4 Å². The maximum Gasteiger partial charge on any atom is 0.111 e. The molecule has 2 heterocycles. The van der Waals surface area contributed by atoms with Gasteiger partial charge in [0.05, 0.1) is 5.69 Å². The zero-order valence-electron chi connectivity index (χ0n) is 11.6. The van der Waals surface area contributed by atoms with E-state index < -0.39 is 0 Å². The second-order valence-electron chi connectivity index (χ2n) is 5.59. The SMILES string of the molecule is CC(C)c1[nH]c(C2CCNC2)nc1-c1ccccc1. The lowest BCUT2D eigenvalue weighted by Crippen LogP contribution is -2.08. The van der Waals surface area contributed by atoms with Gasteiger partial charge in [-0.15, -0.1) is 0 Å². The van der Waals surface area contributed by atoms with Crippen molar-refractivity contribution in [3.63, 3.8) is 0 Å². The number of nitrogens with one attached hydrogen (secondary N) is 2. The molecular formula is C16H21N3. The molecule has 0 spiro atoms. The summed E-state index contributed by atoms with van der Waals surface area (Å²) in [6, 6.07) is 10.5. The highest BCUT2D eigenvalue weighted by Crippen LogP contribution is 2.30. The van der Waals surface area contributed by atoms with Crippen molar-refractivity contribution in [3.05, 3.63) is 41.9 Å². The van der Waals surface area contributed by atoms with Crippen molar-refractivity contribution < 1.29 is 0 Å². The molecule has 2 N–H and O–H groups in total. The molecule has 1 unspecified atom stereocenters. The second kappa shape index (κ2) is 5.17. The molecule has 19 heavy (non-hydrogen) atoms. The molecule has 3 rings (SSSR count). The lowest BCUT2D eigenvalue weighted by atomic mass is 10.0. The van der Waals surface area contributed by atoms with E-state index in [0.717, 1.165) is 24.6 Å². The first kappa shape index (κ1) is 12.4. The van der Waals surface area contributed by atoms with Crippen molar-refractivity contribution in [2.24, 2.45) is 0 Å². The van der Waals surface area contributed by atoms with Gasteiger partial charge < -0.3 is 10.3 Å². The van der Waals surface area contributed by atoms with Crippen LogP contribution < -0.4 is 5.32 Å². The molecule has 1 aliphatic rings. The van der Waals surface area contributed by atoms with E-state index >= 15 is 0 Å². The fourth-order valence-corrected chi connectivity index (χ4v) is 2.72. The lowest BCUT2D eigenvalue weighted by Gasteiger charge is -2.05. The molecule has 1 fully saturated rings. The molecule has 0 aliphatic carbocycles. The van der Waals surface area contributed by atoms with Crippen LogP contribution in [0.15, 0.2) is 30.3 Å². The Kier molecular flexibility index (Phi) is 3.38. The Bertz CT molecular complexity index is 536. The maximum atomic E-state index is 4.89. The maximum absolute atomic E-state index is 4.89. The van der Waals surface area contributed by atoms with Gasteiger partial charge in [-0.05, 0) is 18.9 Å². The molecular weight excluding hydrogens is 234 g/mol. The van der Waals surface area contributed by atoms with E-state index in [9.17, 15) is 0 Å². The van der Waals surface area contributed by atoms with Gasteiger partial charge in [-0.25, -0.2) is 4.98 Å². The van der Waals surface area contributed by atoms with Crippen molar-refractivity contribution in [1.82, 2.24) is 15.3 Å². The van der Waals surface area contributed by atoms with Crippen LogP contribution in [0.5, 0.6) is 0 Å². The quantitative estimate of drug-likeness (QED) is 0.883. The highest BCUT2D eigenvalue weighted by molar-refractivity contribution is 5.62. The Morgan fingerprint density at radius 1 is 1.21 bits per heavy atom. The van der Waals surface area contributed by atoms with Crippen LogP contribution in [0.4, 0.5) is 0 Å². The van der Waals surface area contributed by atoms with Crippen molar-refractivity contribution in [3.8, 4) is 11.3 Å². The van der Waals surface area contributed by atoms with Crippen LogP contribution in [0.3, 0.4) is 0 Å². The Morgan fingerprint density at radius 3 is 2.63 bits per heavy atom. The van der Waals surface area contributed by atoms with Gasteiger partial charge in [-0.1, -0.05) is 44.2 Å². The van der Waals surface area contributed by atoms with Crippen molar-refractivity contribution in [2.75, 3.05) is 13.1 Å². The van der Waals surface area contributed by atoms with Gasteiger partial charge >= 0.3 is 0 Å². The normalized spacial score (nSPS) is 19.2. The molecule has 1 atom stereocenters. The van der Waals surface area contributed by atoms with Crippen LogP contribution in [0.1, 0.15) is 43.6 Å². The fourth-order valence-electron chi connectivity index (χ4n) is 2.72. The number of rotatable bonds is 3. The van der Waals surface area contributed by atoms with Crippen LogP contribution in [-0.2, 0) is 0 Å². The van der Waals surface area contributed by atoms with E-state index in [0.29, 0.717) is 11.8 Å². The van der Waals surface area contributed by atoms with E-state index in [1.807, 2.05) is 6.07 Å². The molecule has 100 valence electrons. The van der Waals surface area contributed by atoms with E-state index in [4.69, 9.17) is 4.98 Å². The molecule has 2 aromatic rings. The van der Waals surface area contributed by atoms with E-state index in [1.165, 1.54) is 17.7 Å². The third-order valence-electron chi connectivity index (χ3n) is 3.82. The summed E-state index contributed by atoms with van der Waals surface area (Å²) in [6.45, 7) is 6.58. The third kappa shape index (κ3) is 2.43. The largest absolute Gasteiger partial charge is 0.345 e. The summed E-state index contributed by atoms with van der Waals surface area (Å²) in [5.74, 6) is 2.15. The minimum Gasteiger partial charge on any atom is -0.345 e. The average molecular weight is 255 g/mol. The van der Waals surface area contributed by atoms with Gasteiger partial charge in [0.15, 0.2) is 0 Å². The molecule has 0 amide bonds. The third-order valence-corrected chi connectivity index (χ3v) is 3.82. The van der Waals surface area contributed by atoms with Gasteiger partial charge in [0, 0.05) is 23.7 Å². The number of nitrogens with zero attached hydrogens (tertiary/aromatic N) is 1. The molecule has 1 aromatic carbocycles. The summed E-state index contributed by atoms with van der Waals surface area (Å²) < 4.78 is 0. The van der Waals surface area contributed by atoms with Crippen molar-refractivity contribution >= 4 is 0 Å². The molecule has 1 aromatic heterocycles. The van der Waals surface area contributed by atoms with Gasteiger partial charge in [-0.3, -0.25) is 0 Å². The Labute approximate surface area is 114 Å². The first-order valence-corrected chi connectivity index (χ1v) is 7.11. The summed E-state index contributed by atoms with van der Waals surface area (Å²) in [4.78, 5) is 8.46. The smallest absolute Gasteiger partial charge is 0.111 e. The predicted molar refractivity (Wildman–Crippen MR) is 78.3 cm³/mol. The molecule has 0 radical (unpaired) electrons.